The summed E-state index contributed by atoms with van der Waals surface area (Å²) in [6.45, 7) is 12.4. The van der Waals surface area contributed by atoms with Gasteiger partial charge in [-0.2, -0.15) is 0 Å². The molecular formula is C21H27N3O2S. The molecule has 3 rings (SSSR count). The van der Waals surface area contributed by atoms with Crippen LogP contribution < -0.4 is 14.8 Å². The average molecular weight is 386 g/mol. The highest BCUT2D eigenvalue weighted by molar-refractivity contribution is 7.16. The summed E-state index contributed by atoms with van der Waals surface area (Å²) in [4.78, 5) is 10.8. The topological polar surface area (TPSA) is 56.3 Å². The van der Waals surface area contributed by atoms with Gasteiger partial charge in [0.1, 0.15) is 17.2 Å². The van der Waals surface area contributed by atoms with Crippen LogP contribution in [0.1, 0.15) is 38.1 Å². The predicted octanol–water partition coefficient (Wildman–Crippen LogP) is 5.59. The van der Waals surface area contributed by atoms with Crippen LogP contribution in [0.4, 0.5) is 5.13 Å². The van der Waals surface area contributed by atoms with E-state index in [4.69, 9.17) is 19.4 Å². The van der Waals surface area contributed by atoms with E-state index in [0.29, 0.717) is 6.04 Å². The molecule has 144 valence electrons. The molecule has 0 saturated heterocycles. The van der Waals surface area contributed by atoms with Crippen molar-refractivity contribution >= 4 is 27.4 Å². The summed E-state index contributed by atoms with van der Waals surface area (Å²) in [5.41, 5.74) is 3.59. The fourth-order valence-corrected chi connectivity index (χ4v) is 3.98. The number of methoxy groups -OCH3 is 1. The zero-order chi connectivity index (χ0) is 19.7. The molecule has 6 heteroatoms. The summed E-state index contributed by atoms with van der Waals surface area (Å²) < 4.78 is 11.6. The lowest BCUT2D eigenvalue weighted by atomic mass is 10.1. The number of rotatable bonds is 6. The molecule has 3 aromatic rings. The van der Waals surface area contributed by atoms with Crippen molar-refractivity contribution < 1.29 is 9.47 Å². The Bertz CT molecular complexity index is 964. The van der Waals surface area contributed by atoms with E-state index in [0.717, 1.165) is 49.4 Å². The lowest BCUT2D eigenvalue weighted by molar-refractivity contribution is 0.245. The highest BCUT2D eigenvalue weighted by atomic mass is 32.1. The maximum absolute atomic E-state index is 6.11. The largest absolute Gasteiger partial charge is 0.496 e. The summed E-state index contributed by atoms with van der Waals surface area (Å²) >= 11 is 1.65. The molecule has 1 N–H and O–H groups in total. The lowest BCUT2D eigenvalue weighted by Gasteiger charge is -2.16. The molecule has 5 nitrogen and oxygen atoms in total. The first-order valence-electron chi connectivity index (χ1n) is 9.19. The second kappa shape index (κ2) is 7.72. The van der Waals surface area contributed by atoms with Crippen LogP contribution in [0.3, 0.4) is 0 Å². The third-order valence-corrected chi connectivity index (χ3v) is 5.08. The van der Waals surface area contributed by atoms with Crippen molar-refractivity contribution in [1.29, 1.82) is 0 Å². The zero-order valence-corrected chi connectivity index (χ0v) is 17.8. The van der Waals surface area contributed by atoms with Gasteiger partial charge in [0.2, 0.25) is 0 Å². The Labute approximate surface area is 164 Å². The first-order chi connectivity index (χ1) is 12.8. The van der Waals surface area contributed by atoms with Gasteiger partial charge < -0.3 is 14.8 Å². The van der Waals surface area contributed by atoms with E-state index in [9.17, 15) is 0 Å². The molecule has 2 aromatic heterocycles. The monoisotopic (exact) mass is 385 g/mol. The normalized spacial score (nSPS) is 11.4. The van der Waals surface area contributed by atoms with Crippen LogP contribution in [0.15, 0.2) is 18.2 Å². The summed E-state index contributed by atoms with van der Waals surface area (Å²) in [5, 5.41) is 5.27. The van der Waals surface area contributed by atoms with Crippen LogP contribution in [0.5, 0.6) is 11.5 Å². The van der Waals surface area contributed by atoms with Crippen molar-refractivity contribution in [2.75, 3.05) is 12.4 Å². The molecule has 0 fully saturated rings. The van der Waals surface area contributed by atoms with Gasteiger partial charge in [-0.15, -0.1) is 11.3 Å². The standard InChI is InChI=1S/C21H27N3O2S/c1-11(2)22-21-24-20(14(6)27-21)16-10-18(26-12(3)4)15-8-9-17(25-7)13(5)19(15)23-16/h8-12H,1-7H3,(H,22,24). The van der Waals surface area contributed by atoms with E-state index in [-0.39, 0.29) is 6.10 Å². The molecule has 1 aromatic carbocycles. The van der Waals surface area contributed by atoms with E-state index in [1.54, 1.807) is 18.4 Å². The van der Waals surface area contributed by atoms with Gasteiger partial charge in [-0.25, -0.2) is 9.97 Å². The van der Waals surface area contributed by atoms with Gasteiger partial charge >= 0.3 is 0 Å². The van der Waals surface area contributed by atoms with Crippen molar-refractivity contribution in [3.8, 4) is 22.9 Å². The molecule has 0 bridgehead atoms. The summed E-state index contributed by atoms with van der Waals surface area (Å²) in [5.74, 6) is 1.64. The van der Waals surface area contributed by atoms with Crippen molar-refractivity contribution in [2.45, 2.75) is 53.7 Å². The summed E-state index contributed by atoms with van der Waals surface area (Å²) in [6.07, 6.45) is 0.0700. The predicted molar refractivity (Wildman–Crippen MR) is 113 cm³/mol. The van der Waals surface area contributed by atoms with Gasteiger partial charge in [-0.05, 0) is 53.7 Å². The number of fused-ring (bicyclic) bond motifs is 1. The molecule has 0 unspecified atom stereocenters. The molecule has 0 amide bonds. The van der Waals surface area contributed by atoms with Gasteiger partial charge in [-0.3, -0.25) is 0 Å². The van der Waals surface area contributed by atoms with Gasteiger partial charge in [0.15, 0.2) is 5.13 Å². The molecule has 2 heterocycles. The van der Waals surface area contributed by atoms with Crippen LogP contribution in [0.25, 0.3) is 22.3 Å². The molecular weight excluding hydrogens is 358 g/mol. The number of hydrogen-bond donors (Lipinski definition) is 1. The minimum atomic E-state index is 0.0700. The van der Waals surface area contributed by atoms with Crippen LogP contribution in [0.2, 0.25) is 0 Å². The average Bonchev–Trinajstić information content (AvgIpc) is 2.94. The molecule has 0 radical (unpaired) electrons. The maximum atomic E-state index is 6.11. The fraction of sp³-hybridized carbons (Fsp3) is 0.429. The Morgan fingerprint density at radius 1 is 1.04 bits per heavy atom. The third kappa shape index (κ3) is 4.00. The Balaban J connectivity index is 2.21. The fourth-order valence-electron chi connectivity index (χ4n) is 3.02. The number of aryl methyl sites for hydroxylation is 2. The SMILES string of the molecule is COc1ccc2c(OC(C)C)cc(-c3nc(NC(C)C)sc3C)nc2c1C. The molecule has 0 aliphatic carbocycles. The number of pyridine rings is 1. The van der Waals surface area contributed by atoms with E-state index < -0.39 is 0 Å². The van der Waals surface area contributed by atoms with Crippen LogP contribution in [-0.4, -0.2) is 29.2 Å². The van der Waals surface area contributed by atoms with Gasteiger partial charge in [0, 0.05) is 27.9 Å². The lowest BCUT2D eigenvalue weighted by Crippen LogP contribution is -2.09. The molecule has 0 saturated carbocycles. The summed E-state index contributed by atoms with van der Waals surface area (Å²) in [6, 6.07) is 6.30. The minimum absolute atomic E-state index is 0.0700. The number of aromatic nitrogens is 2. The number of hydrogen-bond acceptors (Lipinski definition) is 6. The Morgan fingerprint density at radius 3 is 2.41 bits per heavy atom. The Kier molecular flexibility index (Phi) is 5.56. The number of benzene rings is 1. The van der Waals surface area contributed by atoms with Crippen LogP contribution >= 0.6 is 11.3 Å². The first-order valence-corrected chi connectivity index (χ1v) is 10.0. The van der Waals surface area contributed by atoms with Crippen molar-refractivity contribution in [2.24, 2.45) is 0 Å². The van der Waals surface area contributed by atoms with Gasteiger partial charge in [0.25, 0.3) is 0 Å². The van der Waals surface area contributed by atoms with Crippen molar-refractivity contribution in [3.05, 3.63) is 28.6 Å². The number of anilines is 1. The smallest absolute Gasteiger partial charge is 0.183 e. The summed E-state index contributed by atoms with van der Waals surface area (Å²) in [7, 11) is 1.68. The van der Waals surface area contributed by atoms with E-state index in [1.165, 1.54) is 0 Å². The second-order valence-corrected chi connectivity index (χ2v) is 8.39. The van der Waals surface area contributed by atoms with Crippen molar-refractivity contribution in [3.63, 3.8) is 0 Å². The Morgan fingerprint density at radius 2 is 1.78 bits per heavy atom. The van der Waals surface area contributed by atoms with Gasteiger partial charge in [-0.1, -0.05) is 0 Å². The minimum Gasteiger partial charge on any atom is -0.496 e. The van der Waals surface area contributed by atoms with E-state index in [2.05, 4.69) is 26.1 Å². The number of nitrogens with one attached hydrogen (secondary N) is 1. The van der Waals surface area contributed by atoms with Crippen molar-refractivity contribution in [1.82, 2.24) is 9.97 Å². The number of nitrogens with zero attached hydrogens (tertiary/aromatic N) is 2. The van der Waals surface area contributed by atoms with Crippen LogP contribution in [-0.2, 0) is 0 Å². The first kappa shape index (κ1) is 19.4. The third-order valence-electron chi connectivity index (χ3n) is 4.18. The maximum Gasteiger partial charge on any atom is 0.183 e. The highest BCUT2D eigenvalue weighted by Crippen LogP contribution is 2.37. The molecule has 27 heavy (non-hydrogen) atoms. The van der Waals surface area contributed by atoms with Crippen LogP contribution in [0, 0.1) is 13.8 Å². The molecule has 0 aliphatic heterocycles. The molecule has 0 atom stereocenters. The highest BCUT2D eigenvalue weighted by Gasteiger charge is 2.18. The second-order valence-electron chi connectivity index (χ2n) is 7.18. The Hall–Kier alpha value is -2.34. The quantitative estimate of drug-likeness (QED) is 0.599. The van der Waals surface area contributed by atoms with E-state index >= 15 is 0 Å². The van der Waals surface area contributed by atoms with Gasteiger partial charge in [0.05, 0.1) is 24.4 Å². The molecule has 0 spiro atoms. The molecule has 0 aliphatic rings. The van der Waals surface area contributed by atoms with E-state index in [1.807, 2.05) is 39.0 Å². The number of ether oxygens (including phenoxy) is 2. The zero-order valence-electron chi connectivity index (χ0n) is 17.0. The number of thiazole rings is 1.